The lowest BCUT2D eigenvalue weighted by Crippen LogP contribution is -2.27. The maximum Gasteiger partial charge on any atom is 0.127 e. The van der Waals surface area contributed by atoms with Gasteiger partial charge in [-0.05, 0) is 50.7 Å². The van der Waals surface area contributed by atoms with E-state index in [1.807, 2.05) is 7.05 Å². The molecule has 0 aromatic heterocycles. The van der Waals surface area contributed by atoms with E-state index in [0.717, 1.165) is 32.1 Å². The van der Waals surface area contributed by atoms with Gasteiger partial charge in [0.05, 0.1) is 0 Å². The first-order valence-corrected chi connectivity index (χ1v) is 5.98. The molecule has 0 saturated carbocycles. The molecule has 1 N–H and O–H groups in total. The highest BCUT2D eigenvalue weighted by Crippen LogP contribution is 2.14. The summed E-state index contributed by atoms with van der Waals surface area (Å²) >= 11 is 0. The van der Waals surface area contributed by atoms with E-state index in [1.165, 1.54) is 12.1 Å². The van der Waals surface area contributed by atoms with Gasteiger partial charge in [0.2, 0.25) is 0 Å². The third kappa shape index (κ3) is 3.48. The smallest absolute Gasteiger partial charge is 0.127 e. The van der Waals surface area contributed by atoms with Crippen LogP contribution in [0.4, 0.5) is 8.78 Å². The van der Waals surface area contributed by atoms with Crippen LogP contribution in [0.5, 0.6) is 0 Å². The second-order valence-corrected chi connectivity index (χ2v) is 4.79. The quantitative estimate of drug-likeness (QED) is 0.866. The molecule has 1 aromatic carbocycles. The van der Waals surface area contributed by atoms with Crippen molar-refractivity contribution in [3.8, 4) is 0 Å². The van der Waals surface area contributed by atoms with Crippen molar-refractivity contribution < 1.29 is 8.78 Å². The highest BCUT2D eigenvalue weighted by Gasteiger charge is 2.17. The summed E-state index contributed by atoms with van der Waals surface area (Å²) in [6.45, 7) is 3.46. The van der Waals surface area contributed by atoms with E-state index in [1.54, 1.807) is 0 Å². The topological polar surface area (TPSA) is 15.3 Å². The van der Waals surface area contributed by atoms with Gasteiger partial charge in [-0.3, -0.25) is 0 Å². The first-order chi connectivity index (χ1) is 8.15. The Morgan fingerprint density at radius 3 is 2.94 bits per heavy atom. The summed E-state index contributed by atoms with van der Waals surface area (Å²) in [4.78, 5) is 2.05. The number of benzene rings is 1. The van der Waals surface area contributed by atoms with Crippen molar-refractivity contribution in [3.63, 3.8) is 0 Å². The summed E-state index contributed by atoms with van der Waals surface area (Å²) in [5, 5.41) is 3.30. The predicted octanol–water partition coefficient (Wildman–Crippen LogP) is 2.01. The summed E-state index contributed by atoms with van der Waals surface area (Å²) in [6.07, 6.45) is 1.16. The summed E-state index contributed by atoms with van der Waals surface area (Å²) in [6, 6.07) is 3.62. The van der Waals surface area contributed by atoms with E-state index < -0.39 is 0 Å². The molecular formula is C13H18F2N2. The van der Waals surface area contributed by atoms with Crippen LogP contribution in [0.1, 0.15) is 12.0 Å². The predicted molar refractivity (Wildman–Crippen MR) is 63.7 cm³/mol. The van der Waals surface area contributed by atoms with Crippen LogP contribution in [0, 0.1) is 17.6 Å². The van der Waals surface area contributed by atoms with Gasteiger partial charge >= 0.3 is 0 Å². The molecule has 0 amide bonds. The largest absolute Gasteiger partial charge is 0.316 e. The molecule has 17 heavy (non-hydrogen) atoms. The maximum atomic E-state index is 13.4. The van der Waals surface area contributed by atoms with Gasteiger partial charge in [0.15, 0.2) is 0 Å². The third-order valence-electron chi connectivity index (χ3n) is 3.18. The second-order valence-electron chi connectivity index (χ2n) is 4.79. The summed E-state index contributed by atoms with van der Waals surface area (Å²) in [5.74, 6) is -0.0863. The molecule has 1 atom stereocenters. The zero-order valence-electron chi connectivity index (χ0n) is 10.0. The number of rotatable bonds is 4. The van der Waals surface area contributed by atoms with Gasteiger partial charge in [-0.1, -0.05) is 0 Å². The monoisotopic (exact) mass is 240 g/mol. The van der Waals surface area contributed by atoms with Crippen LogP contribution >= 0.6 is 0 Å². The Bertz CT molecular complexity index is 376. The van der Waals surface area contributed by atoms with Crippen LogP contribution in [-0.2, 0) is 6.54 Å². The molecule has 1 aliphatic rings. The number of nitrogens with zero attached hydrogens (tertiary/aromatic N) is 1. The van der Waals surface area contributed by atoms with Crippen molar-refractivity contribution in [1.29, 1.82) is 0 Å². The Hall–Kier alpha value is -1.00. The zero-order chi connectivity index (χ0) is 12.3. The van der Waals surface area contributed by atoms with Gasteiger partial charge in [-0.2, -0.15) is 0 Å². The molecule has 94 valence electrons. The van der Waals surface area contributed by atoms with Gasteiger partial charge in [0.25, 0.3) is 0 Å². The zero-order valence-corrected chi connectivity index (χ0v) is 10.0. The van der Waals surface area contributed by atoms with Gasteiger partial charge in [-0.25, -0.2) is 8.78 Å². The molecule has 0 radical (unpaired) electrons. The van der Waals surface area contributed by atoms with E-state index in [0.29, 0.717) is 18.0 Å². The number of hydrogen-bond acceptors (Lipinski definition) is 2. The molecule has 0 spiro atoms. The molecule has 0 bridgehead atoms. The van der Waals surface area contributed by atoms with Gasteiger partial charge < -0.3 is 10.2 Å². The summed E-state index contributed by atoms with van der Waals surface area (Å²) < 4.78 is 26.4. The van der Waals surface area contributed by atoms with Crippen molar-refractivity contribution in [3.05, 3.63) is 35.4 Å². The minimum Gasteiger partial charge on any atom is -0.316 e. The minimum absolute atomic E-state index is 0.331. The fourth-order valence-electron chi connectivity index (χ4n) is 2.33. The Balaban J connectivity index is 1.92. The molecule has 1 unspecified atom stereocenters. The fraction of sp³-hybridized carbons (Fsp3) is 0.538. The highest BCUT2D eigenvalue weighted by molar-refractivity contribution is 5.18. The molecular weight excluding hydrogens is 222 g/mol. The Morgan fingerprint density at radius 2 is 2.24 bits per heavy atom. The average Bonchev–Trinajstić information content (AvgIpc) is 2.76. The van der Waals surface area contributed by atoms with E-state index in [-0.39, 0.29) is 11.6 Å². The third-order valence-corrected chi connectivity index (χ3v) is 3.18. The van der Waals surface area contributed by atoms with Crippen molar-refractivity contribution in [2.75, 3.05) is 26.7 Å². The molecule has 2 nitrogen and oxygen atoms in total. The fourth-order valence-corrected chi connectivity index (χ4v) is 2.33. The first-order valence-electron chi connectivity index (χ1n) is 5.98. The lowest BCUT2D eigenvalue weighted by Gasteiger charge is -2.20. The molecule has 1 heterocycles. The number of nitrogens with one attached hydrogen (secondary N) is 1. The standard InChI is InChI=1S/C13H18F2N2/c1-17(8-10-4-5-16-7-10)9-11-6-12(14)2-3-13(11)15/h2-3,6,10,16H,4-5,7-9H2,1H3. The molecule has 1 fully saturated rings. The van der Waals surface area contributed by atoms with Crippen molar-refractivity contribution in [1.82, 2.24) is 10.2 Å². The van der Waals surface area contributed by atoms with E-state index in [9.17, 15) is 8.78 Å². The number of halogens is 2. The highest BCUT2D eigenvalue weighted by atomic mass is 19.1. The SMILES string of the molecule is CN(Cc1cc(F)ccc1F)CC1CCNC1. The Morgan fingerprint density at radius 1 is 1.41 bits per heavy atom. The average molecular weight is 240 g/mol. The van der Waals surface area contributed by atoms with Crippen LogP contribution in [0.3, 0.4) is 0 Å². The van der Waals surface area contributed by atoms with Crippen molar-refractivity contribution >= 4 is 0 Å². The van der Waals surface area contributed by atoms with Crippen LogP contribution in [0.25, 0.3) is 0 Å². The van der Waals surface area contributed by atoms with Gasteiger partial charge in [0.1, 0.15) is 11.6 Å². The lowest BCUT2D eigenvalue weighted by atomic mass is 10.1. The molecule has 1 saturated heterocycles. The molecule has 1 aliphatic heterocycles. The Kier molecular flexibility index (Phi) is 4.07. The summed E-state index contributed by atoms with van der Waals surface area (Å²) in [5.41, 5.74) is 0.429. The van der Waals surface area contributed by atoms with E-state index in [4.69, 9.17) is 0 Å². The molecule has 2 rings (SSSR count). The van der Waals surface area contributed by atoms with Gasteiger partial charge in [0, 0.05) is 18.7 Å². The number of hydrogen-bond donors (Lipinski definition) is 1. The lowest BCUT2D eigenvalue weighted by molar-refractivity contribution is 0.274. The van der Waals surface area contributed by atoms with Gasteiger partial charge in [-0.15, -0.1) is 0 Å². The van der Waals surface area contributed by atoms with Crippen molar-refractivity contribution in [2.24, 2.45) is 5.92 Å². The first kappa shape index (κ1) is 12.5. The van der Waals surface area contributed by atoms with Crippen molar-refractivity contribution in [2.45, 2.75) is 13.0 Å². The second kappa shape index (κ2) is 5.56. The van der Waals surface area contributed by atoms with E-state index in [2.05, 4.69) is 10.2 Å². The van der Waals surface area contributed by atoms with E-state index >= 15 is 0 Å². The van der Waals surface area contributed by atoms with Crippen LogP contribution in [0.15, 0.2) is 18.2 Å². The van der Waals surface area contributed by atoms with Crippen LogP contribution < -0.4 is 5.32 Å². The Labute approximate surface area is 101 Å². The van der Waals surface area contributed by atoms with Crippen LogP contribution in [-0.4, -0.2) is 31.6 Å². The summed E-state index contributed by atoms with van der Waals surface area (Å²) in [7, 11) is 1.95. The molecule has 0 aliphatic carbocycles. The normalized spacial score (nSPS) is 20.1. The molecule has 4 heteroatoms. The minimum atomic E-state index is -0.377. The maximum absolute atomic E-state index is 13.4. The molecule has 1 aromatic rings. The van der Waals surface area contributed by atoms with Crippen LogP contribution in [0.2, 0.25) is 0 Å².